The minimum atomic E-state index is -0.254. The summed E-state index contributed by atoms with van der Waals surface area (Å²) < 4.78 is 3.65. The van der Waals surface area contributed by atoms with E-state index in [1.807, 2.05) is 38.6 Å². The van der Waals surface area contributed by atoms with E-state index in [1.165, 1.54) is 0 Å². The molecule has 2 heterocycles. The topological polar surface area (TPSA) is 64.7 Å². The van der Waals surface area contributed by atoms with Crippen LogP contribution in [-0.2, 0) is 19.0 Å². The molecule has 20 heavy (non-hydrogen) atoms. The molecule has 0 spiro atoms. The van der Waals surface area contributed by atoms with Crippen molar-refractivity contribution in [3.05, 3.63) is 41.0 Å². The van der Waals surface area contributed by atoms with Crippen molar-refractivity contribution < 1.29 is 0 Å². The average Bonchev–Trinajstić information content (AvgIpc) is 2.76. The van der Waals surface area contributed by atoms with Crippen LogP contribution in [0.25, 0.3) is 0 Å². The first-order valence-electron chi connectivity index (χ1n) is 6.68. The Morgan fingerprint density at radius 1 is 1.20 bits per heavy atom. The molecule has 6 nitrogen and oxygen atoms in total. The van der Waals surface area contributed by atoms with Crippen LogP contribution in [0.5, 0.6) is 0 Å². The maximum atomic E-state index is 12.3. The minimum Gasteiger partial charge on any atom is -0.365 e. The van der Waals surface area contributed by atoms with Crippen LogP contribution >= 0.6 is 0 Å². The van der Waals surface area contributed by atoms with E-state index in [1.54, 1.807) is 23.2 Å². The van der Waals surface area contributed by atoms with Gasteiger partial charge in [-0.15, -0.1) is 0 Å². The van der Waals surface area contributed by atoms with Crippen LogP contribution in [0.2, 0.25) is 0 Å². The first-order chi connectivity index (χ1) is 9.39. The molecule has 108 valence electrons. The lowest BCUT2D eigenvalue weighted by molar-refractivity contribution is 0.383. The average molecular weight is 275 g/mol. The molecule has 2 aromatic heterocycles. The third-order valence-corrected chi connectivity index (χ3v) is 3.13. The lowest BCUT2D eigenvalue weighted by Crippen LogP contribution is -2.35. The summed E-state index contributed by atoms with van der Waals surface area (Å²) in [6.07, 6.45) is 7.78. The summed E-state index contributed by atoms with van der Waals surface area (Å²) in [6.45, 7) is 6.60. The van der Waals surface area contributed by atoms with E-state index >= 15 is 0 Å². The molecule has 0 fully saturated rings. The Labute approximate surface area is 118 Å². The van der Waals surface area contributed by atoms with Gasteiger partial charge in [-0.05, 0) is 20.8 Å². The zero-order chi connectivity index (χ0) is 14.8. The van der Waals surface area contributed by atoms with E-state index in [-0.39, 0.29) is 11.1 Å². The first-order valence-corrected chi connectivity index (χ1v) is 6.68. The molecule has 0 amide bonds. The highest BCUT2D eigenvalue weighted by molar-refractivity contribution is 5.31. The molecule has 0 radical (unpaired) electrons. The molecule has 0 aromatic carbocycles. The molecule has 0 aliphatic heterocycles. The van der Waals surface area contributed by atoms with E-state index in [4.69, 9.17) is 0 Å². The third kappa shape index (κ3) is 3.07. The fraction of sp³-hybridized carbons (Fsp3) is 0.500. The van der Waals surface area contributed by atoms with Crippen LogP contribution in [0.15, 0.2) is 29.6 Å². The fourth-order valence-corrected chi connectivity index (χ4v) is 1.99. The van der Waals surface area contributed by atoms with Gasteiger partial charge in [-0.1, -0.05) is 0 Å². The number of imidazole rings is 1. The quantitative estimate of drug-likeness (QED) is 0.915. The molecule has 0 atom stereocenters. The van der Waals surface area contributed by atoms with Gasteiger partial charge in [0.15, 0.2) is 5.82 Å². The summed E-state index contributed by atoms with van der Waals surface area (Å²) in [5, 5.41) is 3.09. The second-order valence-corrected chi connectivity index (χ2v) is 5.75. The number of aryl methyl sites for hydroxylation is 1. The first kappa shape index (κ1) is 14.3. The Morgan fingerprint density at radius 3 is 2.50 bits per heavy atom. The van der Waals surface area contributed by atoms with E-state index in [0.717, 1.165) is 12.2 Å². The Morgan fingerprint density at radius 2 is 1.90 bits per heavy atom. The number of nitrogens with one attached hydrogen (secondary N) is 1. The van der Waals surface area contributed by atoms with Crippen LogP contribution < -0.4 is 10.9 Å². The third-order valence-electron chi connectivity index (χ3n) is 3.13. The standard InChI is InChI=1S/C14H21N5O/c1-14(2,3)19-10-8-17-12(13(19)20)16-6-5-11-15-7-9-18(11)4/h7-10H,5-6H2,1-4H3,(H,16,17). The lowest BCUT2D eigenvalue weighted by atomic mass is 10.1. The SMILES string of the molecule is Cn1ccnc1CCNc1nccn(C(C)(C)C)c1=O. The number of hydrogen-bond acceptors (Lipinski definition) is 4. The molecule has 1 N–H and O–H groups in total. The summed E-state index contributed by atoms with van der Waals surface area (Å²) >= 11 is 0. The van der Waals surface area contributed by atoms with Gasteiger partial charge < -0.3 is 14.5 Å². The minimum absolute atomic E-state index is 0.0974. The monoisotopic (exact) mass is 275 g/mol. The van der Waals surface area contributed by atoms with Crippen LogP contribution in [0, 0.1) is 0 Å². The number of hydrogen-bond donors (Lipinski definition) is 1. The van der Waals surface area contributed by atoms with Crippen LogP contribution in [-0.4, -0.2) is 25.6 Å². The van der Waals surface area contributed by atoms with Gasteiger partial charge in [0.1, 0.15) is 5.82 Å². The number of aromatic nitrogens is 4. The summed E-state index contributed by atoms with van der Waals surface area (Å²) in [5.41, 5.74) is -0.351. The van der Waals surface area contributed by atoms with Gasteiger partial charge in [0, 0.05) is 50.3 Å². The van der Waals surface area contributed by atoms with Gasteiger partial charge in [0.2, 0.25) is 0 Å². The van der Waals surface area contributed by atoms with Gasteiger partial charge in [-0.25, -0.2) is 9.97 Å². The summed E-state index contributed by atoms with van der Waals surface area (Å²) in [7, 11) is 1.95. The Kier molecular flexibility index (Phi) is 3.92. The second-order valence-electron chi connectivity index (χ2n) is 5.75. The van der Waals surface area contributed by atoms with E-state index in [2.05, 4.69) is 15.3 Å². The molecule has 2 rings (SSSR count). The number of rotatable bonds is 4. The molecule has 2 aromatic rings. The molecular weight excluding hydrogens is 254 g/mol. The van der Waals surface area contributed by atoms with Crippen molar-refractivity contribution in [3.63, 3.8) is 0 Å². The normalized spacial score (nSPS) is 11.6. The molecule has 0 unspecified atom stereocenters. The smallest absolute Gasteiger partial charge is 0.293 e. The summed E-state index contributed by atoms with van der Waals surface area (Å²) in [5.74, 6) is 1.36. The predicted octanol–water partition coefficient (Wildman–Crippen LogP) is 1.39. The molecular formula is C14H21N5O. The fourth-order valence-electron chi connectivity index (χ4n) is 1.99. The number of nitrogens with zero attached hydrogens (tertiary/aromatic N) is 4. The van der Waals surface area contributed by atoms with Gasteiger partial charge in [0.25, 0.3) is 5.56 Å². The van der Waals surface area contributed by atoms with Crippen LogP contribution in [0.4, 0.5) is 5.82 Å². The van der Waals surface area contributed by atoms with E-state index in [0.29, 0.717) is 12.4 Å². The molecule has 6 heteroatoms. The maximum absolute atomic E-state index is 12.3. The highest BCUT2D eigenvalue weighted by Crippen LogP contribution is 2.10. The zero-order valence-electron chi connectivity index (χ0n) is 12.4. The highest BCUT2D eigenvalue weighted by Gasteiger charge is 2.16. The van der Waals surface area contributed by atoms with Crippen LogP contribution in [0.1, 0.15) is 26.6 Å². The Hall–Kier alpha value is -2.11. The van der Waals surface area contributed by atoms with E-state index in [9.17, 15) is 4.79 Å². The van der Waals surface area contributed by atoms with Gasteiger partial charge in [-0.3, -0.25) is 4.79 Å². The highest BCUT2D eigenvalue weighted by atomic mass is 16.1. The van der Waals surface area contributed by atoms with Crippen molar-refractivity contribution >= 4 is 5.82 Å². The Balaban J connectivity index is 2.07. The zero-order valence-corrected chi connectivity index (χ0v) is 12.4. The van der Waals surface area contributed by atoms with Crippen molar-refractivity contribution in [1.82, 2.24) is 19.1 Å². The number of anilines is 1. The summed E-state index contributed by atoms with van der Waals surface area (Å²) in [6, 6.07) is 0. The van der Waals surface area contributed by atoms with Gasteiger partial charge in [-0.2, -0.15) is 0 Å². The van der Waals surface area contributed by atoms with Gasteiger partial charge >= 0.3 is 0 Å². The van der Waals surface area contributed by atoms with Crippen molar-refractivity contribution in [2.45, 2.75) is 32.7 Å². The molecule has 0 aliphatic carbocycles. The molecule has 0 bridgehead atoms. The molecule has 0 saturated carbocycles. The van der Waals surface area contributed by atoms with Crippen molar-refractivity contribution in [2.24, 2.45) is 7.05 Å². The summed E-state index contributed by atoms with van der Waals surface area (Å²) in [4.78, 5) is 20.7. The molecule has 0 aliphatic rings. The predicted molar refractivity (Wildman–Crippen MR) is 78.9 cm³/mol. The Bertz CT molecular complexity index is 635. The van der Waals surface area contributed by atoms with E-state index < -0.39 is 0 Å². The maximum Gasteiger partial charge on any atom is 0.293 e. The lowest BCUT2D eigenvalue weighted by Gasteiger charge is -2.22. The second kappa shape index (κ2) is 5.48. The van der Waals surface area contributed by atoms with Gasteiger partial charge in [0.05, 0.1) is 0 Å². The molecule has 0 saturated heterocycles. The van der Waals surface area contributed by atoms with Crippen molar-refractivity contribution in [1.29, 1.82) is 0 Å². The van der Waals surface area contributed by atoms with Crippen molar-refractivity contribution in [2.75, 3.05) is 11.9 Å². The van der Waals surface area contributed by atoms with Crippen molar-refractivity contribution in [3.8, 4) is 0 Å². The van der Waals surface area contributed by atoms with Crippen LogP contribution in [0.3, 0.4) is 0 Å². The largest absolute Gasteiger partial charge is 0.365 e.